The lowest BCUT2D eigenvalue weighted by Gasteiger charge is -2.17. The normalized spacial score (nSPS) is 11.4. The molecule has 3 rings (SSSR count). The number of benzene rings is 1. The van der Waals surface area contributed by atoms with Gasteiger partial charge in [0, 0.05) is 24.5 Å². The average molecular weight is 382 g/mol. The second-order valence-corrected chi connectivity index (χ2v) is 6.56. The molecule has 1 aromatic carbocycles. The summed E-state index contributed by atoms with van der Waals surface area (Å²) in [5, 5.41) is 4.59. The standard InChI is InChI=1S/C20H18N2O4S/c1-25-16-6-4-14(5-7-16)13-22-19(23)18(15-8-10-21-11-9-15)26-20(24)17-3-2-12-27-17/h2-12,18H,13H2,1H3,(H,22,23). The first-order valence-electron chi connectivity index (χ1n) is 8.22. The number of carbonyl (C=O) groups is 2. The molecule has 1 amide bonds. The highest BCUT2D eigenvalue weighted by molar-refractivity contribution is 7.11. The second kappa shape index (κ2) is 8.95. The van der Waals surface area contributed by atoms with Gasteiger partial charge in [0.25, 0.3) is 5.91 Å². The lowest BCUT2D eigenvalue weighted by Crippen LogP contribution is -2.31. The average Bonchev–Trinajstić information content (AvgIpc) is 3.26. The molecule has 0 radical (unpaired) electrons. The van der Waals surface area contributed by atoms with E-state index in [1.807, 2.05) is 24.3 Å². The molecule has 0 saturated carbocycles. The number of carbonyl (C=O) groups excluding carboxylic acids is 2. The molecule has 0 aliphatic carbocycles. The zero-order chi connectivity index (χ0) is 19.1. The van der Waals surface area contributed by atoms with Gasteiger partial charge in [-0.15, -0.1) is 11.3 Å². The second-order valence-electron chi connectivity index (χ2n) is 5.61. The molecule has 7 heteroatoms. The van der Waals surface area contributed by atoms with Crippen molar-refractivity contribution in [3.63, 3.8) is 0 Å². The molecule has 138 valence electrons. The van der Waals surface area contributed by atoms with E-state index in [0.29, 0.717) is 17.0 Å². The summed E-state index contributed by atoms with van der Waals surface area (Å²) in [5.74, 6) is -0.196. The molecule has 2 heterocycles. The van der Waals surface area contributed by atoms with E-state index in [1.54, 1.807) is 49.1 Å². The molecule has 0 aliphatic rings. The minimum absolute atomic E-state index is 0.307. The zero-order valence-electron chi connectivity index (χ0n) is 14.6. The monoisotopic (exact) mass is 382 g/mol. The Balaban J connectivity index is 1.71. The lowest BCUT2D eigenvalue weighted by molar-refractivity contribution is -0.130. The third-order valence-electron chi connectivity index (χ3n) is 3.82. The Morgan fingerprint density at radius 2 is 1.85 bits per heavy atom. The van der Waals surface area contributed by atoms with E-state index in [1.165, 1.54) is 11.3 Å². The van der Waals surface area contributed by atoms with Crippen molar-refractivity contribution in [1.29, 1.82) is 0 Å². The fourth-order valence-corrected chi connectivity index (χ4v) is 3.00. The Morgan fingerprint density at radius 3 is 2.48 bits per heavy atom. The number of aromatic nitrogens is 1. The molecule has 6 nitrogen and oxygen atoms in total. The molecular weight excluding hydrogens is 364 g/mol. The van der Waals surface area contributed by atoms with Crippen molar-refractivity contribution in [2.45, 2.75) is 12.6 Å². The van der Waals surface area contributed by atoms with Crippen LogP contribution in [0.25, 0.3) is 0 Å². The SMILES string of the molecule is COc1ccc(CNC(=O)C(OC(=O)c2cccs2)c2ccncc2)cc1. The van der Waals surface area contributed by atoms with Gasteiger partial charge < -0.3 is 14.8 Å². The van der Waals surface area contributed by atoms with Crippen LogP contribution in [0.2, 0.25) is 0 Å². The van der Waals surface area contributed by atoms with Gasteiger partial charge in [-0.2, -0.15) is 0 Å². The van der Waals surface area contributed by atoms with Crippen LogP contribution in [-0.2, 0) is 16.1 Å². The molecular formula is C20H18N2O4S. The van der Waals surface area contributed by atoms with Gasteiger partial charge in [0.2, 0.25) is 6.10 Å². The Hall–Kier alpha value is -3.19. The third kappa shape index (κ3) is 4.92. The maximum Gasteiger partial charge on any atom is 0.349 e. The van der Waals surface area contributed by atoms with Crippen molar-refractivity contribution >= 4 is 23.2 Å². The van der Waals surface area contributed by atoms with Gasteiger partial charge in [0.1, 0.15) is 10.6 Å². The summed E-state index contributed by atoms with van der Waals surface area (Å²) in [6.07, 6.45) is 2.05. The summed E-state index contributed by atoms with van der Waals surface area (Å²) in [7, 11) is 1.60. The number of hydrogen-bond acceptors (Lipinski definition) is 6. The van der Waals surface area contributed by atoms with Gasteiger partial charge in [-0.3, -0.25) is 9.78 Å². The maximum atomic E-state index is 12.7. The molecule has 1 atom stereocenters. The molecule has 0 aliphatic heterocycles. The fourth-order valence-electron chi connectivity index (χ4n) is 2.40. The number of amides is 1. The number of methoxy groups -OCH3 is 1. The van der Waals surface area contributed by atoms with Crippen molar-refractivity contribution in [2.24, 2.45) is 0 Å². The van der Waals surface area contributed by atoms with Crippen molar-refractivity contribution in [1.82, 2.24) is 10.3 Å². The van der Waals surface area contributed by atoms with E-state index in [-0.39, 0.29) is 0 Å². The van der Waals surface area contributed by atoms with Crippen LogP contribution in [0.3, 0.4) is 0 Å². The molecule has 27 heavy (non-hydrogen) atoms. The van der Waals surface area contributed by atoms with Crippen LogP contribution in [0.1, 0.15) is 26.9 Å². The summed E-state index contributed by atoms with van der Waals surface area (Å²) in [5.41, 5.74) is 1.46. The van der Waals surface area contributed by atoms with Crippen LogP contribution in [0.15, 0.2) is 66.3 Å². The minimum Gasteiger partial charge on any atom is -0.497 e. The van der Waals surface area contributed by atoms with Crippen LogP contribution in [0.5, 0.6) is 5.75 Å². The highest BCUT2D eigenvalue weighted by Crippen LogP contribution is 2.21. The first kappa shape index (κ1) is 18.6. The van der Waals surface area contributed by atoms with Crippen LogP contribution in [0, 0.1) is 0 Å². The minimum atomic E-state index is -1.05. The molecule has 0 fully saturated rings. The first-order chi connectivity index (χ1) is 13.2. The van der Waals surface area contributed by atoms with Gasteiger partial charge in [-0.25, -0.2) is 4.79 Å². The molecule has 1 N–H and O–H groups in total. The molecule has 3 aromatic rings. The summed E-state index contributed by atoms with van der Waals surface area (Å²) in [6, 6.07) is 14.1. The number of pyridine rings is 1. The number of esters is 1. The van der Waals surface area contributed by atoms with Crippen molar-refractivity contribution in [3.8, 4) is 5.75 Å². The number of thiophene rings is 1. The quantitative estimate of drug-likeness (QED) is 0.634. The Morgan fingerprint density at radius 1 is 1.11 bits per heavy atom. The van der Waals surface area contributed by atoms with Gasteiger partial charge in [0.05, 0.1) is 7.11 Å². The fraction of sp³-hybridized carbons (Fsp3) is 0.150. The van der Waals surface area contributed by atoms with Crippen LogP contribution < -0.4 is 10.1 Å². The van der Waals surface area contributed by atoms with Gasteiger partial charge in [-0.1, -0.05) is 18.2 Å². The van der Waals surface area contributed by atoms with Crippen molar-refractivity contribution in [3.05, 3.63) is 82.3 Å². The predicted octanol–water partition coefficient (Wildman–Crippen LogP) is 3.37. The first-order valence-corrected chi connectivity index (χ1v) is 9.10. The largest absolute Gasteiger partial charge is 0.497 e. The van der Waals surface area contributed by atoms with E-state index in [9.17, 15) is 9.59 Å². The van der Waals surface area contributed by atoms with E-state index in [2.05, 4.69) is 10.3 Å². The van der Waals surface area contributed by atoms with Crippen molar-refractivity contribution in [2.75, 3.05) is 7.11 Å². The third-order valence-corrected chi connectivity index (χ3v) is 4.67. The van der Waals surface area contributed by atoms with Crippen LogP contribution in [0.4, 0.5) is 0 Å². The molecule has 1 unspecified atom stereocenters. The highest BCUT2D eigenvalue weighted by atomic mass is 32.1. The van der Waals surface area contributed by atoms with Gasteiger partial charge in [-0.05, 0) is 41.3 Å². The highest BCUT2D eigenvalue weighted by Gasteiger charge is 2.26. The van der Waals surface area contributed by atoms with E-state index >= 15 is 0 Å². The number of nitrogens with zero attached hydrogens (tertiary/aromatic N) is 1. The number of rotatable bonds is 7. The van der Waals surface area contributed by atoms with Gasteiger partial charge >= 0.3 is 5.97 Å². The van der Waals surface area contributed by atoms with Crippen molar-refractivity contribution < 1.29 is 19.1 Å². The number of ether oxygens (including phenoxy) is 2. The van der Waals surface area contributed by atoms with E-state index < -0.39 is 18.0 Å². The van der Waals surface area contributed by atoms with E-state index in [0.717, 1.165) is 11.3 Å². The Kier molecular flexibility index (Phi) is 6.17. The van der Waals surface area contributed by atoms with Gasteiger partial charge in [0.15, 0.2) is 0 Å². The maximum absolute atomic E-state index is 12.7. The summed E-state index contributed by atoms with van der Waals surface area (Å²) >= 11 is 1.26. The topological polar surface area (TPSA) is 77.5 Å². The molecule has 0 saturated heterocycles. The van der Waals surface area contributed by atoms with Crippen LogP contribution in [-0.4, -0.2) is 24.0 Å². The Labute approximate surface area is 160 Å². The van der Waals surface area contributed by atoms with Crippen LogP contribution >= 0.6 is 11.3 Å². The summed E-state index contributed by atoms with van der Waals surface area (Å²) in [4.78, 5) is 29.4. The molecule has 0 bridgehead atoms. The lowest BCUT2D eigenvalue weighted by atomic mass is 10.1. The Bertz CT molecular complexity index is 880. The molecule has 2 aromatic heterocycles. The van der Waals surface area contributed by atoms with E-state index in [4.69, 9.17) is 9.47 Å². The predicted molar refractivity (Wildman–Crippen MR) is 102 cm³/mol. The number of nitrogens with one attached hydrogen (secondary N) is 1. The smallest absolute Gasteiger partial charge is 0.349 e. The summed E-state index contributed by atoms with van der Waals surface area (Å²) < 4.78 is 10.6. The molecule has 0 spiro atoms. The zero-order valence-corrected chi connectivity index (χ0v) is 15.4. The number of hydrogen-bond donors (Lipinski definition) is 1. The summed E-state index contributed by atoms with van der Waals surface area (Å²) in [6.45, 7) is 0.307.